The fourth-order valence-electron chi connectivity index (χ4n) is 2.68. The first-order chi connectivity index (χ1) is 12.9. The standard InChI is InChI=1S/C21H28F2N2O2/c1-15(2)25(3)14-18-7-5-6-16(10-18)12-24-13-17-8-9-19(26-4)20(11-17)27-21(22)23/h5-11,15,21,24H,12-14H2,1-4H3. The molecule has 2 aromatic carbocycles. The molecule has 2 aromatic rings. The zero-order chi connectivity index (χ0) is 19.8. The topological polar surface area (TPSA) is 33.7 Å². The van der Waals surface area contributed by atoms with Crippen LogP contribution in [0.15, 0.2) is 42.5 Å². The number of benzene rings is 2. The summed E-state index contributed by atoms with van der Waals surface area (Å²) >= 11 is 0. The first-order valence-electron chi connectivity index (χ1n) is 8.99. The van der Waals surface area contributed by atoms with Gasteiger partial charge in [-0.1, -0.05) is 30.3 Å². The highest BCUT2D eigenvalue weighted by Crippen LogP contribution is 2.29. The Bertz CT molecular complexity index is 723. The third-order valence-corrected chi connectivity index (χ3v) is 4.41. The Hall–Kier alpha value is -2.18. The summed E-state index contributed by atoms with van der Waals surface area (Å²) in [6, 6.07) is 14.0. The number of halogens is 2. The molecule has 27 heavy (non-hydrogen) atoms. The third-order valence-electron chi connectivity index (χ3n) is 4.41. The molecule has 148 valence electrons. The van der Waals surface area contributed by atoms with Crippen LogP contribution >= 0.6 is 0 Å². The van der Waals surface area contributed by atoms with Crippen LogP contribution in [-0.4, -0.2) is 31.7 Å². The first-order valence-corrected chi connectivity index (χ1v) is 8.99. The van der Waals surface area contributed by atoms with Crippen molar-refractivity contribution >= 4 is 0 Å². The number of hydrogen-bond acceptors (Lipinski definition) is 4. The van der Waals surface area contributed by atoms with E-state index in [1.807, 2.05) is 6.07 Å². The molecule has 0 aliphatic heterocycles. The summed E-state index contributed by atoms with van der Waals surface area (Å²) in [5.41, 5.74) is 3.30. The van der Waals surface area contributed by atoms with Crippen molar-refractivity contribution in [2.45, 2.75) is 46.1 Å². The number of alkyl halides is 2. The maximum Gasteiger partial charge on any atom is 0.387 e. The average Bonchev–Trinajstić information content (AvgIpc) is 2.61. The second-order valence-corrected chi connectivity index (χ2v) is 6.80. The quantitative estimate of drug-likeness (QED) is 0.663. The van der Waals surface area contributed by atoms with Crippen molar-refractivity contribution in [1.29, 1.82) is 0 Å². The van der Waals surface area contributed by atoms with Crippen LogP contribution in [0.25, 0.3) is 0 Å². The molecule has 6 heteroatoms. The predicted octanol–water partition coefficient (Wildman–Crippen LogP) is 4.43. The Morgan fingerprint density at radius 1 is 0.963 bits per heavy atom. The van der Waals surface area contributed by atoms with Crippen LogP contribution in [-0.2, 0) is 19.6 Å². The van der Waals surface area contributed by atoms with Gasteiger partial charge < -0.3 is 14.8 Å². The average molecular weight is 378 g/mol. The van der Waals surface area contributed by atoms with E-state index in [9.17, 15) is 8.78 Å². The number of nitrogens with zero attached hydrogens (tertiary/aromatic N) is 1. The zero-order valence-electron chi connectivity index (χ0n) is 16.3. The van der Waals surface area contributed by atoms with Gasteiger partial charge in [-0.3, -0.25) is 4.90 Å². The minimum atomic E-state index is -2.88. The smallest absolute Gasteiger partial charge is 0.387 e. The molecule has 0 amide bonds. The molecule has 0 atom stereocenters. The molecule has 0 fully saturated rings. The monoisotopic (exact) mass is 378 g/mol. The van der Waals surface area contributed by atoms with E-state index in [1.165, 1.54) is 18.2 Å². The fourth-order valence-corrected chi connectivity index (χ4v) is 2.68. The lowest BCUT2D eigenvalue weighted by Gasteiger charge is -2.21. The maximum atomic E-state index is 12.5. The van der Waals surface area contributed by atoms with E-state index in [0.717, 1.165) is 12.1 Å². The van der Waals surface area contributed by atoms with E-state index in [4.69, 9.17) is 4.74 Å². The molecule has 0 aliphatic carbocycles. The summed E-state index contributed by atoms with van der Waals surface area (Å²) in [5, 5.41) is 3.34. The fraction of sp³-hybridized carbons (Fsp3) is 0.429. The van der Waals surface area contributed by atoms with Gasteiger partial charge in [0.25, 0.3) is 0 Å². The number of nitrogens with one attached hydrogen (secondary N) is 1. The molecular formula is C21H28F2N2O2. The van der Waals surface area contributed by atoms with Crippen LogP contribution in [0.2, 0.25) is 0 Å². The normalized spacial score (nSPS) is 11.4. The highest BCUT2D eigenvalue weighted by atomic mass is 19.3. The summed E-state index contributed by atoms with van der Waals surface area (Å²) in [6.07, 6.45) is 0. The second kappa shape index (κ2) is 10.2. The SMILES string of the molecule is COc1ccc(CNCc2cccc(CN(C)C(C)C)c2)cc1OC(F)F. The summed E-state index contributed by atoms with van der Waals surface area (Å²) < 4.78 is 34.6. The van der Waals surface area contributed by atoms with Gasteiger partial charge in [0.1, 0.15) is 0 Å². The van der Waals surface area contributed by atoms with Crippen molar-refractivity contribution < 1.29 is 18.3 Å². The molecule has 1 N–H and O–H groups in total. The Kier molecular flexibility index (Phi) is 8.00. The van der Waals surface area contributed by atoms with Gasteiger partial charge in [0, 0.05) is 25.7 Å². The maximum absolute atomic E-state index is 12.5. The molecule has 0 radical (unpaired) electrons. The van der Waals surface area contributed by atoms with Gasteiger partial charge in [-0.2, -0.15) is 8.78 Å². The highest BCUT2D eigenvalue weighted by Gasteiger charge is 2.11. The molecule has 0 aromatic heterocycles. The Morgan fingerprint density at radius 3 is 2.26 bits per heavy atom. The van der Waals surface area contributed by atoms with Crippen LogP contribution in [0.5, 0.6) is 11.5 Å². The lowest BCUT2D eigenvalue weighted by Crippen LogP contribution is -2.25. The Morgan fingerprint density at radius 2 is 1.63 bits per heavy atom. The van der Waals surface area contributed by atoms with Crippen molar-refractivity contribution in [1.82, 2.24) is 10.2 Å². The van der Waals surface area contributed by atoms with E-state index in [2.05, 4.69) is 60.1 Å². The van der Waals surface area contributed by atoms with E-state index in [0.29, 0.717) is 24.9 Å². The molecule has 0 unspecified atom stereocenters. The third kappa shape index (κ3) is 6.81. The van der Waals surface area contributed by atoms with Gasteiger partial charge >= 0.3 is 6.61 Å². The van der Waals surface area contributed by atoms with Crippen LogP contribution in [0.3, 0.4) is 0 Å². The first kappa shape index (κ1) is 21.1. The summed E-state index contributed by atoms with van der Waals surface area (Å²) in [5.74, 6) is 0.339. The lowest BCUT2D eigenvalue weighted by molar-refractivity contribution is -0.0512. The number of rotatable bonds is 10. The van der Waals surface area contributed by atoms with Gasteiger partial charge in [0.05, 0.1) is 7.11 Å². The van der Waals surface area contributed by atoms with Crippen molar-refractivity contribution in [2.24, 2.45) is 0 Å². The lowest BCUT2D eigenvalue weighted by atomic mass is 10.1. The number of hydrogen-bond donors (Lipinski definition) is 1. The van der Waals surface area contributed by atoms with Crippen LogP contribution in [0, 0.1) is 0 Å². The molecule has 0 spiro atoms. The van der Waals surface area contributed by atoms with Crippen LogP contribution in [0.1, 0.15) is 30.5 Å². The largest absolute Gasteiger partial charge is 0.493 e. The van der Waals surface area contributed by atoms with Crippen molar-refractivity contribution in [3.8, 4) is 11.5 Å². The van der Waals surface area contributed by atoms with Gasteiger partial charge in [0.2, 0.25) is 0 Å². The van der Waals surface area contributed by atoms with Crippen molar-refractivity contribution in [3.63, 3.8) is 0 Å². The number of ether oxygens (including phenoxy) is 2. The predicted molar refractivity (Wildman–Crippen MR) is 103 cm³/mol. The van der Waals surface area contributed by atoms with E-state index in [-0.39, 0.29) is 5.75 Å². The summed E-state index contributed by atoms with van der Waals surface area (Å²) in [6.45, 7) is 3.60. The molecule has 0 saturated carbocycles. The minimum Gasteiger partial charge on any atom is -0.493 e. The molecule has 0 aliphatic rings. The van der Waals surface area contributed by atoms with Gasteiger partial charge in [-0.25, -0.2) is 0 Å². The number of methoxy groups -OCH3 is 1. The molecule has 0 bridgehead atoms. The van der Waals surface area contributed by atoms with Gasteiger partial charge in [0.15, 0.2) is 11.5 Å². The Labute approximate surface area is 160 Å². The molecule has 0 heterocycles. The molecular weight excluding hydrogens is 350 g/mol. The minimum absolute atomic E-state index is 0.0468. The Balaban J connectivity index is 1.94. The second-order valence-electron chi connectivity index (χ2n) is 6.80. The van der Waals surface area contributed by atoms with Crippen molar-refractivity contribution in [2.75, 3.05) is 14.2 Å². The molecule has 0 saturated heterocycles. The van der Waals surface area contributed by atoms with E-state index in [1.54, 1.807) is 12.1 Å². The van der Waals surface area contributed by atoms with Crippen LogP contribution < -0.4 is 14.8 Å². The summed E-state index contributed by atoms with van der Waals surface area (Å²) in [4.78, 5) is 2.29. The zero-order valence-corrected chi connectivity index (χ0v) is 16.3. The van der Waals surface area contributed by atoms with Crippen LogP contribution in [0.4, 0.5) is 8.78 Å². The van der Waals surface area contributed by atoms with Crippen molar-refractivity contribution in [3.05, 3.63) is 59.2 Å². The summed E-state index contributed by atoms with van der Waals surface area (Å²) in [7, 11) is 3.54. The molecule has 2 rings (SSSR count). The highest BCUT2D eigenvalue weighted by molar-refractivity contribution is 5.43. The van der Waals surface area contributed by atoms with Gasteiger partial charge in [-0.15, -0.1) is 0 Å². The molecule has 4 nitrogen and oxygen atoms in total. The van der Waals surface area contributed by atoms with Gasteiger partial charge in [-0.05, 0) is 49.7 Å². The van der Waals surface area contributed by atoms with E-state index < -0.39 is 6.61 Å². The van der Waals surface area contributed by atoms with E-state index >= 15 is 0 Å².